The molecule has 0 saturated carbocycles. The van der Waals surface area contributed by atoms with Gasteiger partial charge in [0.25, 0.3) is 0 Å². The number of rotatable bonds is 4. The van der Waals surface area contributed by atoms with Gasteiger partial charge in [-0.15, -0.1) is 6.58 Å². The van der Waals surface area contributed by atoms with Crippen molar-refractivity contribution in [2.45, 2.75) is 6.04 Å². The number of hydrogen-bond acceptors (Lipinski definition) is 2. The summed E-state index contributed by atoms with van der Waals surface area (Å²) in [4.78, 5) is 2.26. The minimum atomic E-state index is 0.759. The van der Waals surface area contributed by atoms with Crippen molar-refractivity contribution in [3.8, 4) is 0 Å². The van der Waals surface area contributed by atoms with Crippen LogP contribution < -0.4 is 5.32 Å². The molecule has 0 aromatic carbocycles. The SMILES string of the molecule is C=CCN(C)CC1CN1. The van der Waals surface area contributed by atoms with Crippen molar-refractivity contribution in [2.24, 2.45) is 0 Å². The first kappa shape index (κ1) is 6.78. The van der Waals surface area contributed by atoms with Gasteiger partial charge in [0.1, 0.15) is 0 Å². The van der Waals surface area contributed by atoms with Crippen molar-refractivity contribution in [3.05, 3.63) is 12.7 Å². The molecular formula is C7H14N2. The number of nitrogens with zero attached hydrogens (tertiary/aromatic N) is 1. The number of hydrogen-bond donors (Lipinski definition) is 1. The van der Waals surface area contributed by atoms with Gasteiger partial charge in [0.05, 0.1) is 0 Å². The third-order valence-electron chi connectivity index (χ3n) is 1.47. The van der Waals surface area contributed by atoms with Crippen LogP contribution in [0.1, 0.15) is 0 Å². The molecule has 52 valence electrons. The minimum Gasteiger partial charge on any atom is -0.310 e. The Balaban J connectivity index is 2.01. The highest BCUT2D eigenvalue weighted by molar-refractivity contribution is 4.86. The lowest BCUT2D eigenvalue weighted by Crippen LogP contribution is -2.24. The van der Waals surface area contributed by atoms with E-state index in [1.165, 1.54) is 6.54 Å². The number of likely N-dealkylation sites (N-methyl/N-ethyl adjacent to an activating group) is 1. The van der Waals surface area contributed by atoms with E-state index in [4.69, 9.17) is 0 Å². The van der Waals surface area contributed by atoms with Gasteiger partial charge in [-0.1, -0.05) is 6.08 Å². The summed E-state index contributed by atoms with van der Waals surface area (Å²) >= 11 is 0. The zero-order chi connectivity index (χ0) is 6.69. The molecule has 1 unspecified atom stereocenters. The van der Waals surface area contributed by atoms with Crippen LogP contribution in [0.3, 0.4) is 0 Å². The van der Waals surface area contributed by atoms with Gasteiger partial charge in [-0.25, -0.2) is 0 Å². The van der Waals surface area contributed by atoms with Crippen molar-refractivity contribution in [3.63, 3.8) is 0 Å². The molecule has 0 radical (unpaired) electrons. The molecule has 0 spiro atoms. The van der Waals surface area contributed by atoms with Crippen LogP contribution in [0.5, 0.6) is 0 Å². The summed E-state index contributed by atoms with van der Waals surface area (Å²) in [6, 6.07) is 0.759. The smallest absolute Gasteiger partial charge is 0.0320 e. The zero-order valence-corrected chi connectivity index (χ0v) is 5.93. The Labute approximate surface area is 56.5 Å². The van der Waals surface area contributed by atoms with E-state index in [0.29, 0.717) is 0 Å². The zero-order valence-electron chi connectivity index (χ0n) is 5.93. The van der Waals surface area contributed by atoms with Crippen LogP contribution >= 0.6 is 0 Å². The predicted octanol–water partition coefficient (Wildman–Crippen LogP) is 0.0760. The molecule has 0 aliphatic carbocycles. The van der Waals surface area contributed by atoms with Crippen molar-refractivity contribution in [1.82, 2.24) is 10.2 Å². The normalized spacial score (nSPS) is 24.4. The van der Waals surface area contributed by atoms with Gasteiger partial charge < -0.3 is 10.2 Å². The van der Waals surface area contributed by atoms with Crippen molar-refractivity contribution in [1.29, 1.82) is 0 Å². The summed E-state index contributed by atoms with van der Waals surface area (Å²) in [5.74, 6) is 0. The molecule has 0 amide bonds. The maximum Gasteiger partial charge on any atom is 0.0320 e. The predicted molar refractivity (Wildman–Crippen MR) is 39.5 cm³/mol. The molecule has 1 saturated heterocycles. The lowest BCUT2D eigenvalue weighted by molar-refractivity contribution is 0.373. The fourth-order valence-corrected chi connectivity index (χ4v) is 0.884. The summed E-state index contributed by atoms with van der Waals surface area (Å²) in [6.45, 7) is 7.02. The highest BCUT2D eigenvalue weighted by atomic mass is 15.2. The van der Waals surface area contributed by atoms with Gasteiger partial charge >= 0.3 is 0 Å². The first-order valence-corrected chi connectivity index (χ1v) is 3.35. The topological polar surface area (TPSA) is 25.2 Å². The minimum absolute atomic E-state index is 0.759. The average Bonchev–Trinajstić information content (AvgIpc) is 2.50. The Morgan fingerprint density at radius 3 is 3.00 bits per heavy atom. The van der Waals surface area contributed by atoms with Crippen LogP contribution in [0.2, 0.25) is 0 Å². The van der Waals surface area contributed by atoms with E-state index in [9.17, 15) is 0 Å². The van der Waals surface area contributed by atoms with Crippen molar-refractivity contribution < 1.29 is 0 Å². The Kier molecular flexibility index (Phi) is 2.25. The van der Waals surface area contributed by atoms with E-state index in [0.717, 1.165) is 19.1 Å². The summed E-state index contributed by atoms with van der Waals surface area (Å²) in [6.07, 6.45) is 1.93. The largest absolute Gasteiger partial charge is 0.310 e. The molecule has 2 heteroatoms. The second-order valence-electron chi connectivity index (χ2n) is 2.62. The molecule has 9 heavy (non-hydrogen) atoms. The lowest BCUT2D eigenvalue weighted by Gasteiger charge is -2.11. The first-order chi connectivity index (χ1) is 4.33. The van der Waals surface area contributed by atoms with E-state index in [-0.39, 0.29) is 0 Å². The standard InChI is InChI=1S/C7H14N2/c1-3-4-9(2)6-7-5-8-7/h3,7-8H,1,4-6H2,2H3. The lowest BCUT2D eigenvalue weighted by atomic mass is 10.4. The van der Waals surface area contributed by atoms with E-state index in [1.54, 1.807) is 0 Å². The fourth-order valence-electron chi connectivity index (χ4n) is 0.884. The van der Waals surface area contributed by atoms with Crippen molar-refractivity contribution in [2.75, 3.05) is 26.7 Å². The quantitative estimate of drug-likeness (QED) is 0.426. The summed E-state index contributed by atoms with van der Waals surface area (Å²) < 4.78 is 0. The van der Waals surface area contributed by atoms with Gasteiger partial charge in [-0.3, -0.25) is 0 Å². The monoisotopic (exact) mass is 126 g/mol. The molecule has 1 rings (SSSR count). The van der Waals surface area contributed by atoms with Gasteiger partial charge in [0, 0.05) is 25.7 Å². The van der Waals surface area contributed by atoms with Crippen LogP contribution in [0.4, 0.5) is 0 Å². The highest BCUT2D eigenvalue weighted by Gasteiger charge is 2.20. The Morgan fingerprint density at radius 1 is 1.89 bits per heavy atom. The van der Waals surface area contributed by atoms with Crippen LogP contribution in [-0.4, -0.2) is 37.6 Å². The van der Waals surface area contributed by atoms with E-state index >= 15 is 0 Å². The second-order valence-corrected chi connectivity index (χ2v) is 2.62. The molecule has 1 atom stereocenters. The summed E-state index contributed by atoms with van der Waals surface area (Å²) in [5, 5.41) is 3.25. The summed E-state index contributed by atoms with van der Waals surface area (Å²) in [5.41, 5.74) is 0. The second kappa shape index (κ2) is 2.99. The average molecular weight is 126 g/mol. The fraction of sp³-hybridized carbons (Fsp3) is 0.714. The van der Waals surface area contributed by atoms with E-state index < -0.39 is 0 Å². The molecule has 2 nitrogen and oxygen atoms in total. The van der Waals surface area contributed by atoms with E-state index in [1.807, 2.05) is 6.08 Å². The maximum absolute atomic E-state index is 3.67. The van der Waals surface area contributed by atoms with Gasteiger partial charge in [-0.05, 0) is 7.05 Å². The third-order valence-corrected chi connectivity index (χ3v) is 1.47. The van der Waals surface area contributed by atoms with E-state index in [2.05, 4.69) is 23.8 Å². The Morgan fingerprint density at radius 2 is 2.56 bits per heavy atom. The maximum atomic E-state index is 3.67. The Bertz CT molecular complexity index is 97.1. The third kappa shape index (κ3) is 2.63. The first-order valence-electron chi connectivity index (χ1n) is 3.35. The van der Waals surface area contributed by atoms with Crippen LogP contribution in [-0.2, 0) is 0 Å². The van der Waals surface area contributed by atoms with Crippen LogP contribution in [0.15, 0.2) is 12.7 Å². The highest BCUT2D eigenvalue weighted by Crippen LogP contribution is 1.97. The molecule has 0 aromatic rings. The van der Waals surface area contributed by atoms with Crippen LogP contribution in [0.25, 0.3) is 0 Å². The van der Waals surface area contributed by atoms with Gasteiger partial charge in [0.2, 0.25) is 0 Å². The van der Waals surface area contributed by atoms with Gasteiger partial charge in [0.15, 0.2) is 0 Å². The molecule has 1 heterocycles. The summed E-state index contributed by atoms with van der Waals surface area (Å²) in [7, 11) is 2.11. The Hall–Kier alpha value is -0.340. The molecule has 1 aliphatic rings. The van der Waals surface area contributed by atoms with Crippen LogP contribution in [0, 0.1) is 0 Å². The molecule has 1 aliphatic heterocycles. The van der Waals surface area contributed by atoms with Gasteiger partial charge in [-0.2, -0.15) is 0 Å². The molecule has 1 N–H and O–H groups in total. The van der Waals surface area contributed by atoms with Crippen molar-refractivity contribution >= 4 is 0 Å². The number of nitrogens with one attached hydrogen (secondary N) is 1. The molecule has 0 bridgehead atoms. The molecule has 1 fully saturated rings. The molecular weight excluding hydrogens is 112 g/mol. The molecule has 0 aromatic heterocycles.